The van der Waals surface area contributed by atoms with Crippen molar-refractivity contribution in [1.82, 2.24) is 0 Å². The van der Waals surface area contributed by atoms with Crippen LogP contribution in [0.4, 0.5) is 11.4 Å². The third-order valence-corrected chi connectivity index (χ3v) is 6.50. The van der Waals surface area contributed by atoms with Gasteiger partial charge in [-0.3, -0.25) is 0 Å². The lowest BCUT2D eigenvalue weighted by Crippen LogP contribution is -2.17. The molecule has 27 heavy (non-hydrogen) atoms. The molecule has 0 saturated heterocycles. The Kier molecular flexibility index (Phi) is 7.88. The second-order valence-corrected chi connectivity index (χ2v) is 8.24. The van der Waals surface area contributed by atoms with Crippen molar-refractivity contribution >= 4 is 34.6 Å². The molecule has 0 spiro atoms. The number of hydrogen-bond donors (Lipinski definition) is 2. The van der Waals surface area contributed by atoms with Gasteiger partial charge in [0.15, 0.2) is 0 Å². The van der Waals surface area contributed by atoms with Gasteiger partial charge in [0.2, 0.25) is 0 Å². The summed E-state index contributed by atoms with van der Waals surface area (Å²) in [6, 6.07) is 8.28. The predicted molar refractivity (Wildman–Crippen MR) is 122 cm³/mol. The van der Waals surface area contributed by atoms with Gasteiger partial charge in [0.1, 0.15) is 0 Å². The fourth-order valence-electron chi connectivity index (χ4n) is 3.37. The van der Waals surface area contributed by atoms with Gasteiger partial charge >= 0.3 is 0 Å². The monoisotopic (exact) mass is 406 g/mol. The number of rotatable bonds is 8. The first-order valence-corrected chi connectivity index (χ1v) is 10.6. The molecule has 0 bridgehead atoms. The molecule has 0 aliphatic carbocycles. The number of halogens is 2. The molecule has 2 rings (SSSR count). The van der Waals surface area contributed by atoms with Crippen LogP contribution in [0.1, 0.15) is 74.6 Å². The molecule has 0 aliphatic rings. The first kappa shape index (κ1) is 21.9. The first-order chi connectivity index (χ1) is 12.8. The Hall–Kier alpha value is -1.38. The van der Waals surface area contributed by atoms with Gasteiger partial charge in [-0.25, -0.2) is 0 Å². The highest BCUT2D eigenvalue weighted by molar-refractivity contribution is 6.32. The van der Waals surface area contributed by atoms with Crippen LogP contribution < -0.4 is 10.6 Å². The largest absolute Gasteiger partial charge is 0.367 e. The number of benzene rings is 2. The summed E-state index contributed by atoms with van der Waals surface area (Å²) in [7, 11) is 0. The minimum Gasteiger partial charge on any atom is -0.367 e. The Bertz CT molecular complexity index is 721. The normalized spacial score (nSPS) is 13.3. The zero-order valence-electron chi connectivity index (χ0n) is 17.3. The Morgan fingerprint density at radius 3 is 1.44 bits per heavy atom. The molecule has 0 saturated carbocycles. The molecular weight excluding hydrogens is 375 g/mol. The van der Waals surface area contributed by atoms with Crippen LogP contribution in [-0.4, -0.2) is 6.67 Å². The van der Waals surface area contributed by atoms with Crippen LogP contribution in [0.25, 0.3) is 0 Å². The van der Waals surface area contributed by atoms with E-state index in [2.05, 4.69) is 64.3 Å². The number of nitrogens with one attached hydrogen (secondary N) is 2. The van der Waals surface area contributed by atoms with Crippen LogP contribution in [0, 0.1) is 13.8 Å². The van der Waals surface area contributed by atoms with E-state index >= 15 is 0 Å². The van der Waals surface area contributed by atoms with Gasteiger partial charge in [-0.2, -0.15) is 0 Å². The zero-order chi connectivity index (χ0) is 20.1. The van der Waals surface area contributed by atoms with E-state index in [0.717, 1.165) is 45.4 Å². The maximum atomic E-state index is 6.38. The average Bonchev–Trinajstić information content (AvgIpc) is 2.67. The van der Waals surface area contributed by atoms with Crippen molar-refractivity contribution in [3.05, 3.63) is 56.6 Å². The second kappa shape index (κ2) is 9.71. The van der Waals surface area contributed by atoms with Gasteiger partial charge < -0.3 is 10.6 Å². The Labute approximate surface area is 174 Å². The van der Waals surface area contributed by atoms with Crippen LogP contribution in [0.2, 0.25) is 10.0 Å². The third kappa shape index (κ3) is 4.92. The van der Waals surface area contributed by atoms with Crippen molar-refractivity contribution in [1.29, 1.82) is 0 Å². The lowest BCUT2D eigenvalue weighted by Gasteiger charge is -2.23. The minimum atomic E-state index is 0.479. The topological polar surface area (TPSA) is 24.1 Å². The molecule has 2 atom stereocenters. The molecular formula is C23H32Cl2N2. The van der Waals surface area contributed by atoms with Gasteiger partial charge in [-0.05, 0) is 72.9 Å². The summed E-state index contributed by atoms with van der Waals surface area (Å²) in [4.78, 5) is 0. The van der Waals surface area contributed by atoms with Crippen LogP contribution in [0.5, 0.6) is 0 Å². The van der Waals surface area contributed by atoms with Crippen LogP contribution >= 0.6 is 23.2 Å². The molecule has 4 heteroatoms. The lowest BCUT2D eigenvalue weighted by atomic mass is 9.94. The molecule has 0 radical (unpaired) electrons. The van der Waals surface area contributed by atoms with Gasteiger partial charge in [0.25, 0.3) is 0 Å². The second-order valence-electron chi connectivity index (χ2n) is 7.42. The van der Waals surface area contributed by atoms with E-state index < -0.39 is 0 Å². The highest BCUT2D eigenvalue weighted by atomic mass is 35.5. The van der Waals surface area contributed by atoms with Crippen molar-refractivity contribution in [2.75, 3.05) is 17.3 Å². The Morgan fingerprint density at radius 1 is 0.741 bits per heavy atom. The standard InChI is InChI=1S/C23H32Cl2N2/c1-7-14(3)18-9-11-20(24)16(5)22(18)26-13-27-23-17(6)21(25)12-10-19(23)15(4)8-2/h9-12,14-15,26-27H,7-8,13H2,1-6H3. The molecule has 2 nitrogen and oxygen atoms in total. The summed E-state index contributed by atoms with van der Waals surface area (Å²) >= 11 is 12.8. The van der Waals surface area contributed by atoms with Gasteiger partial charge in [-0.1, -0.05) is 63.0 Å². The summed E-state index contributed by atoms with van der Waals surface area (Å²) in [5, 5.41) is 8.75. The Balaban J connectivity index is 2.27. The van der Waals surface area contributed by atoms with Crippen molar-refractivity contribution in [2.24, 2.45) is 0 Å². The molecule has 2 aromatic carbocycles. The maximum Gasteiger partial charge on any atom is 0.0849 e. The molecule has 0 fully saturated rings. The van der Waals surface area contributed by atoms with Crippen molar-refractivity contribution in [2.45, 2.75) is 66.2 Å². The van der Waals surface area contributed by atoms with E-state index in [1.807, 2.05) is 12.1 Å². The number of hydrogen-bond acceptors (Lipinski definition) is 2. The van der Waals surface area contributed by atoms with Crippen LogP contribution in [-0.2, 0) is 0 Å². The smallest absolute Gasteiger partial charge is 0.0849 e. The summed E-state index contributed by atoms with van der Waals surface area (Å²) < 4.78 is 0. The van der Waals surface area contributed by atoms with Gasteiger partial charge in [0, 0.05) is 21.4 Å². The molecule has 2 aromatic rings. The zero-order valence-corrected chi connectivity index (χ0v) is 18.9. The lowest BCUT2D eigenvalue weighted by molar-refractivity contribution is 0.732. The molecule has 0 aromatic heterocycles. The van der Waals surface area contributed by atoms with Gasteiger partial charge in [0.05, 0.1) is 6.67 Å². The van der Waals surface area contributed by atoms with Gasteiger partial charge in [-0.15, -0.1) is 0 Å². The highest BCUT2D eigenvalue weighted by Gasteiger charge is 2.15. The highest BCUT2D eigenvalue weighted by Crippen LogP contribution is 2.35. The van der Waals surface area contributed by atoms with E-state index in [0.29, 0.717) is 18.5 Å². The van der Waals surface area contributed by atoms with E-state index in [-0.39, 0.29) is 0 Å². The van der Waals surface area contributed by atoms with E-state index in [4.69, 9.17) is 23.2 Å². The molecule has 0 amide bonds. The quantitative estimate of drug-likeness (QED) is 0.432. The number of anilines is 2. The van der Waals surface area contributed by atoms with Crippen molar-refractivity contribution in [3.8, 4) is 0 Å². The summed E-state index contributed by atoms with van der Waals surface area (Å²) in [6.07, 6.45) is 2.18. The molecule has 0 aliphatic heterocycles. The van der Waals surface area contributed by atoms with E-state index in [1.165, 1.54) is 11.1 Å². The summed E-state index contributed by atoms with van der Waals surface area (Å²) in [5.74, 6) is 0.957. The molecule has 0 heterocycles. The van der Waals surface area contributed by atoms with Crippen LogP contribution in [0.3, 0.4) is 0 Å². The van der Waals surface area contributed by atoms with E-state index in [9.17, 15) is 0 Å². The average molecular weight is 407 g/mol. The van der Waals surface area contributed by atoms with Crippen LogP contribution in [0.15, 0.2) is 24.3 Å². The fourth-order valence-corrected chi connectivity index (χ4v) is 3.68. The fraction of sp³-hybridized carbons (Fsp3) is 0.478. The van der Waals surface area contributed by atoms with Crippen molar-refractivity contribution < 1.29 is 0 Å². The minimum absolute atomic E-state index is 0.479. The summed E-state index contributed by atoms with van der Waals surface area (Å²) in [6.45, 7) is 13.7. The predicted octanol–water partition coefficient (Wildman–Crippen LogP) is 8.12. The summed E-state index contributed by atoms with van der Waals surface area (Å²) in [5.41, 5.74) is 7.09. The van der Waals surface area contributed by atoms with Crippen molar-refractivity contribution in [3.63, 3.8) is 0 Å². The molecule has 2 unspecified atom stereocenters. The maximum absolute atomic E-state index is 6.38. The SMILES string of the molecule is CCC(C)c1ccc(Cl)c(C)c1NCNc1c(C(C)CC)ccc(Cl)c1C. The third-order valence-electron chi connectivity index (χ3n) is 5.68. The Morgan fingerprint density at radius 2 is 1.11 bits per heavy atom. The molecule has 148 valence electrons. The molecule has 2 N–H and O–H groups in total. The first-order valence-electron chi connectivity index (χ1n) is 9.87. The van der Waals surface area contributed by atoms with E-state index in [1.54, 1.807) is 0 Å².